The Morgan fingerprint density at radius 2 is 1.89 bits per heavy atom. The molecule has 1 aliphatic heterocycles. The summed E-state index contributed by atoms with van der Waals surface area (Å²) in [6, 6.07) is 7.73. The molecule has 0 amide bonds. The maximum absolute atomic E-state index is 14.8. The number of rotatable bonds is 7. The lowest BCUT2D eigenvalue weighted by molar-refractivity contribution is -0.0134. The third-order valence-electron chi connectivity index (χ3n) is 5.45. The Labute approximate surface area is 164 Å². The molecule has 0 aliphatic carbocycles. The maximum Gasteiger partial charge on any atom is 0.166 e. The first-order valence-electron chi connectivity index (χ1n) is 9.92. The largest absolute Gasteiger partial charge is 0.385 e. The molecule has 1 aliphatic rings. The van der Waals surface area contributed by atoms with Gasteiger partial charge in [-0.05, 0) is 48.4 Å². The quantitative estimate of drug-likeness (QED) is 0.573. The summed E-state index contributed by atoms with van der Waals surface area (Å²) in [5.74, 6) is -2.35. The van der Waals surface area contributed by atoms with Crippen LogP contribution >= 0.6 is 0 Å². The van der Waals surface area contributed by atoms with Gasteiger partial charge in [-0.25, -0.2) is 13.2 Å². The van der Waals surface area contributed by atoms with Crippen molar-refractivity contribution in [3.63, 3.8) is 0 Å². The fraction of sp³-hybridized carbons (Fsp3) is 0.478. The van der Waals surface area contributed by atoms with E-state index >= 15 is 0 Å². The molecule has 2 aromatic rings. The molecule has 2 atom stereocenters. The number of ether oxygens (including phenoxy) is 2. The lowest BCUT2D eigenvalue weighted by Crippen LogP contribution is -2.26. The Bertz CT molecular complexity index is 799. The minimum Gasteiger partial charge on any atom is -0.385 e. The first-order chi connectivity index (χ1) is 13.5. The molecule has 0 saturated carbocycles. The van der Waals surface area contributed by atoms with E-state index in [-0.39, 0.29) is 23.4 Å². The van der Waals surface area contributed by atoms with E-state index in [2.05, 4.69) is 0 Å². The van der Waals surface area contributed by atoms with Crippen LogP contribution in [0.4, 0.5) is 13.2 Å². The van der Waals surface area contributed by atoms with Crippen molar-refractivity contribution in [3.8, 4) is 11.1 Å². The third kappa shape index (κ3) is 4.58. The summed E-state index contributed by atoms with van der Waals surface area (Å²) in [7, 11) is 1.65. The van der Waals surface area contributed by atoms with Crippen molar-refractivity contribution < 1.29 is 22.6 Å². The zero-order valence-electron chi connectivity index (χ0n) is 16.4. The fourth-order valence-electron chi connectivity index (χ4n) is 3.82. The van der Waals surface area contributed by atoms with Crippen LogP contribution in [0.2, 0.25) is 0 Å². The predicted octanol–water partition coefficient (Wildman–Crippen LogP) is 6.02. The molecular formula is C23H27F3O2. The lowest BCUT2D eigenvalue weighted by atomic mass is 9.89. The zero-order chi connectivity index (χ0) is 20.1. The highest BCUT2D eigenvalue weighted by atomic mass is 19.2. The summed E-state index contributed by atoms with van der Waals surface area (Å²) in [5, 5.41) is 0. The Hall–Kier alpha value is -1.85. The smallest absolute Gasteiger partial charge is 0.166 e. The van der Waals surface area contributed by atoms with Crippen molar-refractivity contribution in [2.75, 3.05) is 20.3 Å². The Morgan fingerprint density at radius 1 is 1.07 bits per heavy atom. The average molecular weight is 392 g/mol. The van der Waals surface area contributed by atoms with Crippen LogP contribution in [0.5, 0.6) is 0 Å². The number of aryl methyl sites for hydroxylation is 1. The molecule has 1 fully saturated rings. The van der Waals surface area contributed by atoms with Gasteiger partial charge < -0.3 is 9.47 Å². The van der Waals surface area contributed by atoms with Gasteiger partial charge in [-0.3, -0.25) is 0 Å². The summed E-state index contributed by atoms with van der Waals surface area (Å²) >= 11 is 0. The van der Waals surface area contributed by atoms with Crippen molar-refractivity contribution in [1.29, 1.82) is 0 Å². The van der Waals surface area contributed by atoms with Gasteiger partial charge in [0.1, 0.15) is 5.82 Å². The standard InChI is InChI=1S/C23H27F3O2/c1-3-4-15-5-6-16(13-21(15)24)19-9-10-20(23(26)22(19)25)17-7-8-18(28-14-17)11-12-27-2/h5-6,9-10,13,17-18H,3-4,7-8,11-12,14H2,1-2H3. The van der Waals surface area contributed by atoms with Gasteiger partial charge >= 0.3 is 0 Å². The van der Waals surface area contributed by atoms with Gasteiger partial charge in [-0.1, -0.05) is 37.6 Å². The van der Waals surface area contributed by atoms with E-state index in [0.717, 1.165) is 25.7 Å². The number of benzene rings is 2. The molecule has 0 bridgehead atoms. The second-order valence-corrected chi connectivity index (χ2v) is 7.40. The van der Waals surface area contributed by atoms with E-state index in [1.165, 1.54) is 6.07 Å². The summed E-state index contributed by atoms with van der Waals surface area (Å²) < 4.78 is 54.6. The van der Waals surface area contributed by atoms with Gasteiger partial charge in [-0.15, -0.1) is 0 Å². The van der Waals surface area contributed by atoms with E-state index in [1.54, 1.807) is 31.4 Å². The van der Waals surface area contributed by atoms with Gasteiger partial charge in [-0.2, -0.15) is 0 Å². The first kappa shape index (κ1) is 20.9. The molecule has 28 heavy (non-hydrogen) atoms. The van der Waals surface area contributed by atoms with Crippen LogP contribution in [0, 0.1) is 17.5 Å². The van der Waals surface area contributed by atoms with E-state index < -0.39 is 11.6 Å². The van der Waals surface area contributed by atoms with Crippen LogP contribution < -0.4 is 0 Å². The molecule has 0 N–H and O–H groups in total. The minimum absolute atomic E-state index is 0.0814. The molecule has 0 radical (unpaired) electrons. The topological polar surface area (TPSA) is 18.5 Å². The van der Waals surface area contributed by atoms with E-state index in [4.69, 9.17) is 9.47 Å². The van der Waals surface area contributed by atoms with Crippen molar-refractivity contribution >= 4 is 0 Å². The van der Waals surface area contributed by atoms with Crippen LogP contribution in [0.15, 0.2) is 30.3 Å². The Morgan fingerprint density at radius 3 is 2.54 bits per heavy atom. The van der Waals surface area contributed by atoms with Crippen LogP contribution in [0.25, 0.3) is 11.1 Å². The number of halogens is 3. The highest BCUT2D eigenvalue weighted by Gasteiger charge is 2.27. The van der Waals surface area contributed by atoms with Gasteiger partial charge in [0.2, 0.25) is 0 Å². The van der Waals surface area contributed by atoms with Crippen molar-refractivity contribution in [2.45, 2.75) is 51.0 Å². The normalized spacial score (nSPS) is 19.8. The molecule has 2 aromatic carbocycles. The molecule has 0 spiro atoms. The monoisotopic (exact) mass is 392 g/mol. The maximum atomic E-state index is 14.8. The Kier molecular flexibility index (Phi) is 7.13. The molecule has 0 aromatic heterocycles. The summed E-state index contributed by atoms with van der Waals surface area (Å²) in [5.41, 5.74) is 1.35. The molecule has 1 saturated heterocycles. The minimum atomic E-state index is -0.929. The SMILES string of the molecule is CCCc1ccc(-c2ccc(C3CCC(CCOC)OC3)c(F)c2F)cc1F. The first-order valence-corrected chi connectivity index (χ1v) is 9.92. The number of methoxy groups -OCH3 is 1. The summed E-state index contributed by atoms with van der Waals surface area (Å²) in [6.07, 6.45) is 3.89. The van der Waals surface area contributed by atoms with E-state index in [1.807, 2.05) is 6.92 Å². The van der Waals surface area contributed by atoms with Crippen LogP contribution in [0.3, 0.4) is 0 Å². The van der Waals surface area contributed by atoms with Gasteiger partial charge in [0.25, 0.3) is 0 Å². The lowest BCUT2D eigenvalue weighted by Gasteiger charge is -2.29. The third-order valence-corrected chi connectivity index (χ3v) is 5.45. The van der Waals surface area contributed by atoms with E-state index in [0.29, 0.717) is 36.3 Å². The van der Waals surface area contributed by atoms with Crippen LogP contribution in [-0.2, 0) is 15.9 Å². The molecule has 1 heterocycles. The van der Waals surface area contributed by atoms with E-state index in [9.17, 15) is 13.2 Å². The van der Waals surface area contributed by atoms with Gasteiger partial charge in [0, 0.05) is 25.2 Å². The predicted molar refractivity (Wildman–Crippen MR) is 104 cm³/mol. The average Bonchev–Trinajstić information content (AvgIpc) is 2.71. The molecule has 3 rings (SSSR count). The van der Waals surface area contributed by atoms with Crippen molar-refractivity contribution in [1.82, 2.24) is 0 Å². The van der Waals surface area contributed by atoms with Gasteiger partial charge in [0.15, 0.2) is 11.6 Å². The summed E-state index contributed by atoms with van der Waals surface area (Å²) in [4.78, 5) is 0. The second-order valence-electron chi connectivity index (χ2n) is 7.40. The second kappa shape index (κ2) is 9.57. The Balaban J connectivity index is 1.78. The fourth-order valence-corrected chi connectivity index (χ4v) is 3.82. The number of hydrogen-bond donors (Lipinski definition) is 0. The van der Waals surface area contributed by atoms with Crippen LogP contribution in [0.1, 0.15) is 49.7 Å². The summed E-state index contributed by atoms with van der Waals surface area (Å²) in [6.45, 7) is 2.96. The molecule has 5 heteroatoms. The van der Waals surface area contributed by atoms with Gasteiger partial charge in [0.05, 0.1) is 12.7 Å². The van der Waals surface area contributed by atoms with Crippen molar-refractivity contribution in [3.05, 3.63) is 58.9 Å². The zero-order valence-corrected chi connectivity index (χ0v) is 16.4. The molecule has 2 nitrogen and oxygen atoms in total. The van der Waals surface area contributed by atoms with Crippen LogP contribution in [-0.4, -0.2) is 26.4 Å². The molecular weight excluding hydrogens is 365 g/mol. The molecule has 152 valence electrons. The number of hydrogen-bond acceptors (Lipinski definition) is 2. The molecule has 2 unspecified atom stereocenters. The highest BCUT2D eigenvalue weighted by Crippen LogP contribution is 2.35. The highest BCUT2D eigenvalue weighted by molar-refractivity contribution is 5.65. The van der Waals surface area contributed by atoms with Crippen molar-refractivity contribution in [2.24, 2.45) is 0 Å².